The quantitative estimate of drug-likeness (QED) is 0.764. The molecule has 1 saturated heterocycles. The van der Waals surface area contributed by atoms with Gasteiger partial charge in [-0.3, -0.25) is 9.48 Å². The number of thioether (sulfide) groups is 1. The molecule has 0 atom stereocenters. The zero-order valence-electron chi connectivity index (χ0n) is 15.1. The number of benzene rings is 1. The van der Waals surface area contributed by atoms with Crippen molar-refractivity contribution in [2.75, 3.05) is 18.8 Å². The van der Waals surface area contributed by atoms with E-state index in [4.69, 9.17) is 5.11 Å². The second-order valence-corrected chi connectivity index (χ2v) is 7.73. The van der Waals surface area contributed by atoms with E-state index in [1.807, 2.05) is 4.90 Å². The molecule has 1 aliphatic heterocycles. The fourth-order valence-corrected chi connectivity index (χ4v) is 4.15. The predicted octanol–water partition coefficient (Wildman–Crippen LogP) is 3.37. The van der Waals surface area contributed by atoms with Crippen LogP contribution in [0.15, 0.2) is 35.4 Å². The Morgan fingerprint density at radius 3 is 2.52 bits per heavy atom. The summed E-state index contributed by atoms with van der Waals surface area (Å²) in [5, 5.41) is 13.4. The number of nitrogens with zero attached hydrogens (tertiary/aromatic N) is 3. The third-order valence-corrected chi connectivity index (χ3v) is 5.85. The third kappa shape index (κ3) is 4.68. The summed E-state index contributed by atoms with van der Waals surface area (Å²) in [6, 6.07) is 6.39. The number of carboxylic acid groups (broad SMARTS) is 1. The number of aromatic carboxylic acids is 1. The van der Waals surface area contributed by atoms with Crippen molar-refractivity contribution in [3.8, 4) is 0 Å². The number of halogens is 1. The summed E-state index contributed by atoms with van der Waals surface area (Å²) in [4.78, 5) is 26.4. The van der Waals surface area contributed by atoms with E-state index < -0.39 is 5.97 Å². The van der Waals surface area contributed by atoms with E-state index in [1.165, 1.54) is 18.3 Å². The molecule has 1 N–H and O–H groups in total. The number of hydrogen-bond acceptors (Lipinski definition) is 4. The fourth-order valence-electron chi connectivity index (χ4n) is 3.31. The number of aromatic nitrogens is 2. The molecule has 1 aromatic carbocycles. The van der Waals surface area contributed by atoms with Gasteiger partial charge >= 0.3 is 5.97 Å². The highest BCUT2D eigenvalue weighted by molar-refractivity contribution is 7.99. The number of hydrogen-bond donors (Lipinski definition) is 1. The number of carbonyl (C=O) groups is 2. The number of likely N-dealkylation sites (tertiary alicyclic amines) is 1. The van der Waals surface area contributed by atoms with Gasteiger partial charge in [0.1, 0.15) is 11.4 Å². The second-order valence-electron chi connectivity index (χ2n) is 6.56. The molecule has 0 spiro atoms. The maximum absolute atomic E-state index is 12.9. The van der Waals surface area contributed by atoms with Gasteiger partial charge in [0.2, 0.25) is 5.91 Å². The smallest absolute Gasteiger partial charge is 0.339 e. The Bertz CT molecular complexity index is 814. The van der Waals surface area contributed by atoms with Gasteiger partial charge in [0, 0.05) is 30.2 Å². The molecule has 0 radical (unpaired) electrons. The number of carbonyl (C=O) groups excluding carboxylic acids is 1. The summed E-state index contributed by atoms with van der Waals surface area (Å²) < 4.78 is 14.7. The van der Waals surface area contributed by atoms with Crippen LogP contribution in [0.3, 0.4) is 0 Å². The number of rotatable bonds is 6. The lowest BCUT2D eigenvalue weighted by atomic mass is 10.0. The molecular formula is C19H22FN3O3S. The monoisotopic (exact) mass is 391 g/mol. The summed E-state index contributed by atoms with van der Waals surface area (Å²) in [5.41, 5.74) is 0.884. The summed E-state index contributed by atoms with van der Waals surface area (Å²) in [7, 11) is 0. The molecular weight excluding hydrogens is 369 g/mol. The van der Waals surface area contributed by atoms with Crippen LogP contribution in [0, 0.1) is 12.7 Å². The highest BCUT2D eigenvalue weighted by Gasteiger charge is 2.26. The molecule has 1 aliphatic rings. The van der Waals surface area contributed by atoms with E-state index in [-0.39, 0.29) is 23.3 Å². The Hall–Kier alpha value is -2.35. The van der Waals surface area contributed by atoms with Crippen LogP contribution < -0.4 is 0 Å². The molecule has 1 fully saturated rings. The second kappa shape index (κ2) is 8.56. The maximum atomic E-state index is 12.9. The van der Waals surface area contributed by atoms with Crippen LogP contribution in [0.25, 0.3) is 0 Å². The van der Waals surface area contributed by atoms with Crippen molar-refractivity contribution in [3.63, 3.8) is 0 Å². The highest BCUT2D eigenvalue weighted by Crippen LogP contribution is 2.25. The van der Waals surface area contributed by atoms with Crippen LogP contribution in [0.1, 0.15) is 41.4 Å². The lowest BCUT2D eigenvalue weighted by Crippen LogP contribution is -2.39. The van der Waals surface area contributed by atoms with Crippen molar-refractivity contribution < 1.29 is 19.1 Å². The van der Waals surface area contributed by atoms with Gasteiger partial charge in [-0.1, -0.05) is 0 Å². The largest absolute Gasteiger partial charge is 0.478 e. The first-order valence-corrected chi connectivity index (χ1v) is 9.88. The number of amides is 1. The lowest BCUT2D eigenvalue weighted by molar-refractivity contribution is -0.132. The molecule has 2 aromatic rings. The molecule has 3 rings (SSSR count). The number of piperidine rings is 1. The Morgan fingerprint density at radius 1 is 1.26 bits per heavy atom. The minimum atomic E-state index is -0.968. The van der Waals surface area contributed by atoms with Crippen molar-refractivity contribution in [3.05, 3.63) is 47.5 Å². The standard InChI is InChI=1S/C19H22FN3O3S/c1-13-17(19(25)26)12-21-23(13)15-6-9-22(10-7-15)18(24)8-11-27-16-4-2-14(20)3-5-16/h2-5,12,15H,6-11H2,1H3,(H,25,26). The topological polar surface area (TPSA) is 75.4 Å². The first kappa shape index (κ1) is 19.4. The van der Waals surface area contributed by atoms with Crippen molar-refractivity contribution in [1.29, 1.82) is 0 Å². The molecule has 2 heterocycles. The predicted molar refractivity (Wildman–Crippen MR) is 101 cm³/mol. The summed E-state index contributed by atoms with van der Waals surface area (Å²) >= 11 is 1.54. The lowest BCUT2D eigenvalue weighted by Gasteiger charge is -2.32. The van der Waals surface area contributed by atoms with E-state index in [0.717, 1.165) is 17.7 Å². The van der Waals surface area contributed by atoms with E-state index in [9.17, 15) is 14.0 Å². The molecule has 1 aromatic heterocycles. The van der Waals surface area contributed by atoms with E-state index in [1.54, 1.807) is 35.5 Å². The van der Waals surface area contributed by atoms with Crippen molar-refractivity contribution in [2.45, 2.75) is 37.1 Å². The van der Waals surface area contributed by atoms with Gasteiger partial charge in [0.05, 0.1) is 17.9 Å². The molecule has 1 amide bonds. The molecule has 0 unspecified atom stereocenters. The minimum absolute atomic E-state index is 0.117. The van der Waals surface area contributed by atoms with Crippen LogP contribution in [0.2, 0.25) is 0 Å². The van der Waals surface area contributed by atoms with Crippen LogP contribution in [-0.2, 0) is 4.79 Å². The molecule has 0 saturated carbocycles. The van der Waals surface area contributed by atoms with Crippen LogP contribution in [0.5, 0.6) is 0 Å². The van der Waals surface area contributed by atoms with Gasteiger partial charge in [-0.25, -0.2) is 9.18 Å². The van der Waals surface area contributed by atoms with Gasteiger partial charge in [-0.2, -0.15) is 5.10 Å². The van der Waals surface area contributed by atoms with E-state index in [2.05, 4.69) is 5.10 Å². The van der Waals surface area contributed by atoms with Crippen LogP contribution in [-0.4, -0.2) is 50.5 Å². The summed E-state index contributed by atoms with van der Waals surface area (Å²) in [5.74, 6) is -0.456. The summed E-state index contributed by atoms with van der Waals surface area (Å²) in [6.07, 6.45) is 3.36. The molecule has 0 aliphatic carbocycles. The SMILES string of the molecule is Cc1c(C(=O)O)cnn1C1CCN(C(=O)CCSc2ccc(F)cc2)CC1. The number of carboxylic acids is 1. The zero-order valence-corrected chi connectivity index (χ0v) is 15.9. The molecule has 8 heteroatoms. The van der Waals surface area contributed by atoms with Crippen LogP contribution >= 0.6 is 11.8 Å². The molecule has 6 nitrogen and oxygen atoms in total. The third-order valence-electron chi connectivity index (χ3n) is 4.84. The van der Waals surface area contributed by atoms with E-state index in [0.29, 0.717) is 31.0 Å². The Morgan fingerprint density at radius 2 is 1.93 bits per heavy atom. The molecule has 144 valence electrons. The zero-order chi connectivity index (χ0) is 19.4. The van der Waals surface area contributed by atoms with Gasteiger partial charge in [-0.05, 0) is 44.0 Å². The molecule has 27 heavy (non-hydrogen) atoms. The van der Waals surface area contributed by atoms with Crippen LogP contribution in [0.4, 0.5) is 4.39 Å². The van der Waals surface area contributed by atoms with E-state index >= 15 is 0 Å². The Balaban J connectivity index is 1.46. The fraction of sp³-hybridized carbons (Fsp3) is 0.421. The minimum Gasteiger partial charge on any atom is -0.478 e. The summed E-state index contributed by atoms with van der Waals surface area (Å²) in [6.45, 7) is 3.06. The Labute approximate surface area is 161 Å². The average molecular weight is 391 g/mol. The van der Waals surface area contributed by atoms with Gasteiger partial charge in [-0.15, -0.1) is 11.8 Å². The van der Waals surface area contributed by atoms with Gasteiger partial charge in [0.25, 0.3) is 0 Å². The van der Waals surface area contributed by atoms with Crippen molar-refractivity contribution in [2.24, 2.45) is 0 Å². The average Bonchev–Trinajstić information content (AvgIpc) is 3.05. The van der Waals surface area contributed by atoms with Crippen molar-refractivity contribution >= 4 is 23.6 Å². The first-order valence-electron chi connectivity index (χ1n) is 8.89. The highest BCUT2D eigenvalue weighted by atomic mass is 32.2. The maximum Gasteiger partial charge on any atom is 0.339 e. The van der Waals surface area contributed by atoms with Gasteiger partial charge in [0.15, 0.2) is 0 Å². The first-order chi connectivity index (χ1) is 13.0. The normalized spacial score (nSPS) is 15.1. The molecule has 0 bridgehead atoms. The van der Waals surface area contributed by atoms with Gasteiger partial charge < -0.3 is 10.0 Å². The Kier molecular flexibility index (Phi) is 6.15. The van der Waals surface area contributed by atoms with Crippen molar-refractivity contribution in [1.82, 2.24) is 14.7 Å².